The predicted octanol–water partition coefficient (Wildman–Crippen LogP) is 2.85. The topological polar surface area (TPSA) is 62.7 Å². The van der Waals surface area contributed by atoms with Crippen LogP contribution in [0.2, 0.25) is 5.02 Å². The van der Waals surface area contributed by atoms with Gasteiger partial charge in [-0.3, -0.25) is 0 Å². The van der Waals surface area contributed by atoms with Crippen molar-refractivity contribution in [1.82, 2.24) is 10.1 Å². The fourth-order valence-electron chi connectivity index (χ4n) is 1.24. The fraction of sp³-hybridized carbons (Fsp3) is 0.182. The van der Waals surface area contributed by atoms with Crippen LogP contribution < -0.4 is 0 Å². The van der Waals surface area contributed by atoms with Crippen LogP contribution in [0.5, 0.6) is 0 Å². The molecule has 0 spiro atoms. The van der Waals surface area contributed by atoms with Gasteiger partial charge in [0.2, 0.25) is 11.7 Å². The molecule has 0 unspecified atom stereocenters. The lowest BCUT2D eigenvalue weighted by Gasteiger charge is -1.92. The van der Waals surface area contributed by atoms with E-state index >= 15 is 0 Å². The summed E-state index contributed by atoms with van der Waals surface area (Å²) in [5.74, 6) is 0.996. The zero-order valence-electron chi connectivity index (χ0n) is 8.35. The Hall–Kier alpha value is -1.86. The highest BCUT2D eigenvalue weighted by molar-refractivity contribution is 6.30. The number of benzene rings is 1. The highest BCUT2D eigenvalue weighted by Crippen LogP contribution is 2.18. The first-order valence-electron chi connectivity index (χ1n) is 4.75. The second kappa shape index (κ2) is 4.77. The SMILES string of the molecule is N#CCCc1nc(-c2ccc(Cl)cc2)no1. The minimum atomic E-state index is 0.377. The van der Waals surface area contributed by atoms with Gasteiger partial charge in [-0.05, 0) is 24.3 Å². The molecule has 5 heteroatoms. The maximum absolute atomic E-state index is 8.43. The Balaban J connectivity index is 2.18. The van der Waals surface area contributed by atoms with Gasteiger partial charge in [0.25, 0.3) is 0 Å². The van der Waals surface area contributed by atoms with Gasteiger partial charge in [-0.25, -0.2) is 0 Å². The molecule has 0 amide bonds. The molecule has 4 nitrogen and oxygen atoms in total. The number of nitrogens with zero attached hydrogens (tertiary/aromatic N) is 3. The van der Waals surface area contributed by atoms with E-state index in [1.807, 2.05) is 18.2 Å². The molecule has 1 aromatic carbocycles. The van der Waals surface area contributed by atoms with Gasteiger partial charge in [0.05, 0.1) is 6.07 Å². The van der Waals surface area contributed by atoms with Crippen molar-refractivity contribution in [3.8, 4) is 17.5 Å². The van der Waals surface area contributed by atoms with Crippen LogP contribution in [-0.2, 0) is 6.42 Å². The molecular weight excluding hydrogens is 226 g/mol. The number of hydrogen-bond acceptors (Lipinski definition) is 4. The van der Waals surface area contributed by atoms with E-state index in [1.54, 1.807) is 12.1 Å². The number of aryl methyl sites for hydroxylation is 1. The number of rotatable bonds is 3. The minimum absolute atomic E-state index is 0.377. The van der Waals surface area contributed by atoms with Gasteiger partial charge in [0, 0.05) is 23.4 Å². The number of nitriles is 1. The van der Waals surface area contributed by atoms with Crippen LogP contribution in [0.25, 0.3) is 11.4 Å². The first-order valence-corrected chi connectivity index (χ1v) is 5.13. The summed E-state index contributed by atoms with van der Waals surface area (Å²) in [6.07, 6.45) is 0.860. The molecule has 0 saturated carbocycles. The maximum atomic E-state index is 8.43. The van der Waals surface area contributed by atoms with E-state index in [0.717, 1.165) is 5.56 Å². The maximum Gasteiger partial charge on any atom is 0.227 e. The molecule has 0 fully saturated rings. The van der Waals surface area contributed by atoms with E-state index < -0.39 is 0 Å². The smallest absolute Gasteiger partial charge is 0.227 e. The van der Waals surface area contributed by atoms with E-state index in [4.69, 9.17) is 21.4 Å². The highest BCUT2D eigenvalue weighted by Gasteiger charge is 2.07. The van der Waals surface area contributed by atoms with Crippen molar-refractivity contribution >= 4 is 11.6 Å². The van der Waals surface area contributed by atoms with Crippen molar-refractivity contribution in [2.75, 3.05) is 0 Å². The molecule has 0 radical (unpaired) electrons. The molecule has 16 heavy (non-hydrogen) atoms. The standard InChI is InChI=1S/C11H8ClN3O/c12-9-5-3-8(4-6-9)11-14-10(16-15-11)2-1-7-13/h3-6H,1-2H2. The highest BCUT2D eigenvalue weighted by atomic mass is 35.5. The average Bonchev–Trinajstić information content (AvgIpc) is 2.76. The van der Waals surface area contributed by atoms with Crippen LogP contribution in [-0.4, -0.2) is 10.1 Å². The average molecular weight is 234 g/mol. The normalized spacial score (nSPS) is 10.0. The van der Waals surface area contributed by atoms with Crippen molar-refractivity contribution in [2.24, 2.45) is 0 Å². The zero-order chi connectivity index (χ0) is 11.4. The number of hydrogen-bond donors (Lipinski definition) is 0. The summed E-state index contributed by atoms with van der Waals surface area (Å²) < 4.78 is 5.01. The molecule has 0 aliphatic heterocycles. The zero-order valence-corrected chi connectivity index (χ0v) is 9.11. The van der Waals surface area contributed by atoms with Crippen LogP contribution in [0, 0.1) is 11.3 Å². The quantitative estimate of drug-likeness (QED) is 0.818. The molecule has 0 atom stereocenters. The molecule has 0 aliphatic carbocycles. The molecule has 0 saturated heterocycles. The van der Waals surface area contributed by atoms with Crippen LogP contribution in [0.3, 0.4) is 0 Å². The van der Waals surface area contributed by atoms with Gasteiger partial charge in [0.1, 0.15) is 0 Å². The molecule has 1 heterocycles. The lowest BCUT2D eigenvalue weighted by molar-refractivity contribution is 0.380. The Labute approximate surface area is 97.5 Å². The largest absolute Gasteiger partial charge is 0.339 e. The Kier molecular flexibility index (Phi) is 3.18. The minimum Gasteiger partial charge on any atom is -0.339 e. The molecule has 2 aromatic rings. The lowest BCUT2D eigenvalue weighted by atomic mass is 10.2. The number of halogens is 1. The second-order valence-electron chi connectivity index (χ2n) is 3.18. The van der Waals surface area contributed by atoms with Gasteiger partial charge in [-0.15, -0.1) is 0 Å². The second-order valence-corrected chi connectivity index (χ2v) is 3.61. The summed E-state index contributed by atoms with van der Waals surface area (Å²) in [5, 5.41) is 12.9. The third-order valence-corrected chi connectivity index (χ3v) is 2.27. The summed E-state index contributed by atoms with van der Waals surface area (Å²) >= 11 is 5.77. The van der Waals surface area contributed by atoms with E-state index in [2.05, 4.69) is 10.1 Å². The Morgan fingerprint density at radius 1 is 1.31 bits per heavy atom. The summed E-state index contributed by atoms with van der Waals surface area (Å²) in [4.78, 5) is 4.18. The summed E-state index contributed by atoms with van der Waals surface area (Å²) in [5.41, 5.74) is 0.844. The van der Waals surface area contributed by atoms with E-state index in [9.17, 15) is 0 Å². The fourth-order valence-corrected chi connectivity index (χ4v) is 1.36. The monoisotopic (exact) mass is 233 g/mol. The van der Waals surface area contributed by atoms with Crippen molar-refractivity contribution in [2.45, 2.75) is 12.8 Å². The molecule has 0 bridgehead atoms. The van der Waals surface area contributed by atoms with Crippen LogP contribution in [0.1, 0.15) is 12.3 Å². The molecule has 80 valence electrons. The van der Waals surface area contributed by atoms with Crippen molar-refractivity contribution in [3.05, 3.63) is 35.2 Å². The Morgan fingerprint density at radius 2 is 2.06 bits per heavy atom. The van der Waals surface area contributed by atoms with Crippen molar-refractivity contribution in [3.63, 3.8) is 0 Å². The van der Waals surface area contributed by atoms with E-state index in [1.165, 1.54) is 0 Å². The van der Waals surface area contributed by atoms with Gasteiger partial charge >= 0.3 is 0 Å². The summed E-state index contributed by atoms with van der Waals surface area (Å²) in [6.45, 7) is 0. The molecule has 1 aromatic heterocycles. The first kappa shape index (κ1) is 10.7. The van der Waals surface area contributed by atoms with Crippen molar-refractivity contribution in [1.29, 1.82) is 5.26 Å². The lowest BCUT2D eigenvalue weighted by Crippen LogP contribution is -1.84. The Bertz CT molecular complexity index is 513. The van der Waals surface area contributed by atoms with Gasteiger partial charge in [0.15, 0.2) is 0 Å². The van der Waals surface area contributed by atoms with E-state index in [-0.39, 0.29) is 0 Å². The van der Waals surface area contributed by atoms with Crippen molar-refractivity contribution < 1.29 is 4.52 Å². The number of aromatic nitrogens is 2. The van der Waals surface area contributed by atoms with Crippen LogP contribution >= 0.6 is 11.6 Å². The summed E-state index contributed by atoms with van der Waals surface area (Å²) in [6, 6.07) is 9.20. The summed E-state index contributed by atoms with van der Waals surface area (Å²) in [7, 11) is 0. The first-order chi connectivity index (χ1) is 7.79. The third kappa shape index (κ3) is 2.38. The molecular formula is C11H8ClN3O. The third-order valence-electron chi connectivity index (χ3n) is 2.02. The van der Waals surface area contributed by atoms with Crippen LogP contribution in [0.15, 0.2) is 28.8 Å². The molecule has 0 N–H and O–H groups in total. The van der Waals surface area contributed by atoms with Gasteiger partial charge in [-0.1, -0.05) is 16.8 Å². The molecule has 2 rings (SSSR count). The predicted molar refractivity (Wildman–Crippen MR) is 58.7 cm³/mol. The van der Waals surface area contributed by atoms with Crippen LogP contribution in [0.4, 0.5) is 0 Å². The van der Waals surface area contributed by atoms with Gasteiger partial charge in [-0.2, -0.15) is 10.2 Å². The molecule has 0 aliphatic rings. The van der Waals surface area contributed by atoms with E-state index in [0.29, 0.717) is 29.6 Å². The van der Waals surface area contributed by atoms with Gasteiger partial charge < -0.3 is 4.52 Å². The Morgan fingerprint density at radius 3 is 2.75 bits per heavy atom.